The van der Waals surface area contributed by atoms with Gasteiger partial charge in [-0.15, -0.1) is 11.6 Å². The van der Waals surface area contributed by atoms with Crippen LogP contribution in [0.3, 0.4) is 0 Å². The van der Waals surface area contributed by atoms with Crippen LogP contribution in [-0.2, 0) is 7.05 Å². The molecular weight excluding hydrogens is 266 g/mol. The third kappa shape index (κ3) is 3.08. The molecule has 0 bridgehead atoms. The van der Waals surface area contributed by atoms with Gasteiger partial charge in [-0.05, 0) is 12.8 Å². The van der Waals surface area contributed by atoms with Crippen LogP contribution < -0.4 is 0 Å². The SMILES string of the molecule is CC(C)c1nn(C)c(C(C(C)C)C(C)Cl)c1[N+](=O)[O-]. The van der Waals surface area contributed by atoms with Gasteiger partial charge in [-0.25, -0.2) is 0 Å². The lowest BCUT2D eigenvalue weighted by Crippen LogP contribution is -2.20. The third-order valence-corrected chi connectivity index (χ3v) is 3.62. The molecule has 0 aliphatic heterocycles. The molecule has 0 spiro atoms. The van der Waals surface area contributed by atoms with Gasteiger partial charge < -0.3 is 0 Å². The number of aromatic nitrogens is 2. The summed E-state index contributed by atoms with van der Waals surface area (Å²) in [6.07, 6.45) is 0. The Bertz CT molecular complexity index is 459. The first-order valence-corrected chi connectivity index (χ1v) is 6.97. The number of halogens is 1. The molecule has 1 rings (SSSR count). The van der Waals surface area contributed by atoms with E-state index in [2.05, 4.69) is 5.10 Å². The maximum atomic E-state index is 11.4. The highest BCUT2D eigenvalue weighted by atomic mass is 35.5. The smallest absolute Gasteiger partial charge is 0.265 e. The normalized spacial score (nSPS) is 15.0. The first kappa shape index (κ1) is 16.0. The second-order valence-corrected chi connectivity index (χ2v) is 6.29. The molecule has 0 fully saturated rings. The highest BCUT2D eigenvalue weighted by Gasteiger charge is 2.36. The maximum absolute atomic E-state index is 11.4. The van der Waals surface area contributed by atoms with Crippen molar-refractivity contribution in [2.24, 2.45) is 13.0 Å². The van der Waals surface area contributed by atoms with Gasteiger partial charge in [-0.1, -0.05) is 27.7 Å². The van der Waals surface area contributed by atoms with Crippen molar-refractivity contribution >= 4 is 17.3 Å². The number of nitro groups is 1. The standard InChI is InChI=1S/C13H22ClN3O2/c1-7(2)10(9(5)14)12-13(17(18)19)11(8(3)4)15-16(12)6/h7-10H,1-6H3. The number of hydrogen-bond acceptors (Lipinski definition) is 3. The largest absolute Gasteiger partial charge is 0.313 e. The second kappa shape index (κ2) is 5.90. The van der Waals surface area contributed by atoms with E-state index >= 15 is 0 Å². The molecule has 0 saturated carbocycles. The number of aryl methyl sites for hydroxylation is 1. The first-order valence-electron chi connectivity index (χ1n) is 6.53. The Balaban J connectivity index is 3.53. The van der Waals surface area contributed by atoms with Crippen LogP contribution in [0, 0.1) is 16.0 Å². The molecule has 0 saturated heterocycles. The number of rotatable bonds is 5. The summed E-state index contributed by atoms with van der Waals surface area (Å²) < 4.78 is 1.62. The van der Waals surface area contributed by atoms with Crippen LogP contribution in [0.25, 0.3) is 0 Å². The van der Waals surface area contributed by atoms with Crippen molar-refractivity contribution in [3.63, 3.8) is 0 Å². The molecule has 0 radical (unpaired) electrons. The molecular formula is C13H22ClN3O2. The van der Waals surface area contributed by atoms with E-state index in [4.69, 9.17) is 11.6 Å². The molecule has 6 heteroatoms. The zero-order valence-corrected chi connectivity index (χ0v) is 13.1. The Morgan fingerprint density at radius 2 is 1.79 bits per heavy atom. The van der Waals surface area contributed by atoms with E-state index in [0.29, 0.717) is 11.4 Å². The molecule has 2 unspecified atom stereocenters. The Morgan fingerprint density at radius 3 is 2.11 bits per heavy atom. The van der Waals surface area contributed by atoms with Gasteiger partial charge in [-0.3, -0.25) is 14.8 Å². The fourth-order valence-corrected chi connectivity index (χ4v) is 2.97. The maximum Gasteiger partial charge on any atom is 0.313 e. The van der Waals surface area contributed by atoms with Gasteiger partial charge in [0.1, 0.15) is 11.4 Å². The highest BCUT2D eigenvalue weighted by Crippen LogP contribution is 2.39. The van der Waals surface area contributed by atoms with Crippen molar-refractivity contribution in [2.75, 3.05) is 0 Å². The summed E-state index contributed by atoms with van der Waals surface area (Å²) in [5.74, 6) is 0.132. The summed E-state index contributed by atoms with van der Waals surface area (Å²) in [5.41, 5.74) is 1.29. The fraction of sp³-hybridized carbons (Fsp3) is 0.769. The fourth-order valence-electron chi connectivity index (χ4n) is 2.56. The minimum absolute atomic E-state index is 0.0128. The van der Waals surface area contributed by atoms with Crippen molar-refractivity contribution in [1.82, 2.24) is 9.78 Å². The van der Waals surface area contributed by atoms with Crippen LogP contribution >= 0.6 is 11.6 Å². The minimum atomic E-state index is -0.327. The highest BCUT2D eigenvalue weighted by molar-refractivity contribution is 6.20. The molecule has 0 aliphatic rings. The average molecular weight is 288 g/mol. The molecule has 0 N–H and O–H groups in total. The molecule has 1 heterocycles. The zero-order chi connectivity index (χ0) is 14.9. The van der Waals surface area contributed by atoms with Gasteiger partial charge in [0.05, 0.1) is 4.92 Å². The summed E-state index contributed by atoms with van der Waals surface area (Å²) >= 11 is 6.25. The van der Waals surface area contributed by atoms with Crippen LogP contribution in [0.5, 0.6) is 0 Å². The molecule has 5 nitrogen and oxygen atoms in total. The van der Waals surface area contributed by atoms with Crippen molar-refractivity contribution in [3.05, 3.63) is 21.5 Å². The quantitative estimate of drug-likeness (QED) is 0.470. The predicted molar refractivity (Wildman–Crippen MR) is 76.8 cm³/mol. The average Bonchev–Trinajstić information content (AvgIpc) is 2.56. The topological polar surface area (TPSA) is 61.0 Å². The first-order chi connectivity index (χ1) is 8.68. The number of hydrogen-bond donors (Lipinski definition) is 0. The van der Waals surface area contributed by atoms with Crippen molar-refractivity contribution < 1.29 is 4.92 Å². The van der Waals surface area contributed by atoms with E-state index in [1.54, 1.807) is 11.7 Å². The van der Waals surface area contributed by atoms with Crippen LogP contribution in [0.1, 0.15) is 57.8 Å². The Kier molecular flexibility index (Phi) is 4.96. The van der Waals surface area contributed by atoms with E-state index in [9.17, 15) is 10.1 Å². The van der Waals surface area contributed by atoms with Gasteiger partial charge in [0.2, 0.25) is 0 Å². The lowest BCUT2D eigenvalue weighted by atomic mass is 9.88. The van der Waals surface area contributed by atoms with E-state index in [-0.39, 0.29) is 33.7 Å². The molecule has 1 aromatic heterocycles. The molecule has 0 amide bonds. The Hall–Kier alpha value is -1.10. The van der Waals surface area contributed by atoms with Gasteiger partial charge in [0.15, 0.2) is 0 Å². The second-order valence-electron chi connectivity index (χ2n) is 5.60. The number of alkyl halides is 1. The van der Waals surface area contributed by atoms with E-state index in [0.717, 1.165) is 0 Å². The van der Waals surface area contributed by atoms with Crippen LogP contribution in [0.15, 0.2) is 0 Å². The lowest BCUT2D eigenvalue weighted by Gasteiger charge is -2.22. The monoisotopic (exact) mass is 287 g/mol. The summed E-state index contributed by atoms with van der Waals surface area (Å²) in [6.45, 7) is 9.74. The van der Waals surface area contributed by atoms with Gasteiger partial charge in [0, 0.05) is 24.3 Å². The predicted octanol–water partition coefficient (Wildman–Crippen LogP) is 3.82. The van der Waals surface area contributed by atoms with Gasteiger partial charge in [0.25, 0.3) is 0 Å². The van der Waals surface area contributed by atoms with E-state index in [1.165, 1.54) is 0 Å². The summed E-state index contributed by atoms with van der Waals surface area (Å²) in [7, 11) is 1.75. The van der Waals surface area contributed by atoms with Crippen molar-refractivity contribution in [1.29, 1.82) is 0 Å². The molecule has 0 aliphatic carbocycles. The molecule has 2 atom stereocenters. The van der Waals surface area contributed by atoms with Crippen LogP contribution in [0.4, 0.5) is 5.69 Å². The minimum Gasteiger partial charge on any atom is -0.265 e. The van der Waals surface area contributed by atoms with Crippen LogP contribution in [0.2, 0.25) is 0 Å². The zero-order valence-electron chi connectivity index (χ0n) is 12.3. The van der Waals surface area contributed by atoms with Crippen LogP contribution in [-0.4, -0.2) is 20.1 Å². The summed E-state index contributed by atoms with van der Waals surface area (Å²) in [4.78, 5) is 11.1. The van der Waals surface area contributed by atoms with Gasteiger partial charge in [-0.2, -0.15) is 5.10 Å². The molecule has 19 heavy (non-hydrogen) atoms. The third-order valence-electron chi connectivity index (χ3n) is 3.35. The Morgan fingerprint density at radius 1 is 1.26 bits per heavy atom. The van der Waals surface area contributed by atoms with E-state index in [1.807, 2.05) is 34.6 Å². The number of nitrogens with zero attached hydrogens (tertiary/aromatic N) is 3. The molecule has 1 aromatic rings. The lowest BCUT2D eigenvalue weighted by molar-refractivity contribution is -0.386. The van der Waals surface area contributed by atoms with Crippen molar-refractivity contribution in [2.45, 2.75) is 51.8 Å². The van der Waals surface area contributed by atoms with Crippen molar-refractivity contribution in [3.8, 4) is 0 Å². The molecule has 0 aromatic carbocycles. The summed E-state index contributed by atoms with van der Waals surface area (Å²) in [6, 6.07) is 0. The Labute approximate surface area is 119 Å². The molecule has 108 valence electrons. The van der Waals surface area contributed by atoms with E-state index < -0.39 is 0 Å². The summed E-state index contributed by atoms with van der Waals surface area (Å²) in [5, 5.41) is 15.6. The van der Waals surface area contributed by atoms with Gasteiger partial charge >= 0.3 is 5.69 Å².